The summed E-state index contributed by atoms with van der Waals surface area (Å²) < 4.78 is 39.2. The summed E-state index contributed by atoms with van der Waals surface area (Å²) in [6.45, 7) is -1.09. The van der Waals surface area contributed by atoms with Crippen LogP contribution in [0.2, 0.25) is 0 Å². The summed E-state index contributed by atoms with van der Waals surface area (Å²) in [5.41, 5.74) is -0.720. The van der Waals surface area contributed by atoms with E-state index in [2.05, 4.69) is 0 Å². The molecule has 2 nitrogen and oxygen atoms in total. The molecule has 1 rings (SSSR count). The van der Waals surface area contributed by atoms with E-state index in [-0.39, 0.29) is 16.7 Å². The molecule has 0 aliphatic carbocycles. The van der Waals surface area contributed by atoms with Crippen LogP contribution in [0, 0.1) is 24.3 Å². The van der Waals surface area contributed by atoms with Crippen LogP contribution in [-0.4, -0.2) is 18.1 Å². The number of hydrogen-bond donors (Lipinski definition) is 1. The molecule has 0 fully saturated rings. The predicted octanol–water partition coefficient (Wildman–Crippen LogP) is 2.97. The molecule has 0 radical (unpaired) electrons. The zero-order valence-corrected chi connectivity index (χ0v) is 11.6. The van der Waals surface area contributed by atoms with Gasteiger partial charge in [-0.15, -0.1) is 5.46 Å². The van der Waals surface area contributed by atoms with E-state index in [4.69, 9.17) is 5.11 Å². The third-order valence-corrected chi connectivity index (χ3v) is 4.38. The number of halogens is 4. The fourth-order valence-corrected chi connectivity index (χ4v) is 2.58. The topological polar surface area (TPSA) is 37.3 Å². The molecule has 0 bridgehead atoms. The van der Waals surface area contributed by atoms with Gasteiger partial charge < -0.3 is 18.1 Å². The number of hydrogen-bond acceptors (Lipinski definition) is 1. The fourth-order valence-electron chi connectivity index (χ4n) is 2.02. The largest absolute Gasteiger partial charge is 0.510 e. The lowest BCUT2D eigenvalue weighted by atomic mass is 9.72. The Morgan fingerprint density at radius 1 is 1.12 bits per heavy atom. The maximum absolute atomic E-state index is 12.9. The standard InChI is InChI=1S/C10H10BF3IO2/c1-4-7(10(16)17)5(2)9(15)6(3)8(4)11(12,13)14/h1-3H3,(H,16,17)/q-1. The van der Waals surface area contributed by atoms with Gasteiger partial charge in [0.05, 0.1) is 5.56 Å². The second-order valence-electron chi connectivity index (χ2n) is 3.86. The molecule has 0 amide bonds. The number of carboxylic acids is 1. The minimum absolute atomic E-state index is 0.109. The van der Waals surface area contributed by atoms with Gasteiger partial charge in [-0.3, -0.25) is 0 Å². The molecule has 7 heteroatoms. The second kappa shape index (κ2) is 4.51. The molecule has 1 N–H and O–H groups in total. The zero-order valence-electron chi connectivity index (χ0n) is 9.44. The van der Waals surface area contributed by atoms with Gasteiger partial charge in [-0.1, -0.05) is 11.1 Å². The molecule has 94 valence electrons. The molecule has 0 unspecified atom stereocenters. The molecule has 1 aromatic rings. The molecular formula is C10H10BF3IO2-. The molecule has 0 aliphatic rings. The van der Waals surface area contributed by atoms with Gasteiger partial charge >= 0.3 is 12.9 Å². The summed E-state index contributed by atoms with van der Waals surface area (Å²) in [6, 6.07) is 0. The van der Waals surface area contributed by atoms with Crippen LogP contribution in [0.3, 0.4) is 0 Å². The molecule has 0 aliphatic heterocycles. The van der Waals surface area contributed by atoms with E-state index in [1.54, 1.807) is 22.6 Å². The van der Waals surface area contributed by atoms with E-state index >= 15 is 0 Å². The molecule has 0 aromatic heterocycles. The van der Waals surface area contributed by atoms with Crippen molar-refractivity contribution in [2.75, 3.05) is 0 Å². The van der Waals surface area contributed by atoms with Gasteiger partial charge in [0.15, 0.2) is 0 Å². The Morgan fingerprint density at radius 3 is 1.94 bits per heavy atom. The normalized spacial score (nSPS) is 11.7. The first-order valence-electron chi connectivity index (χ1n) is 4.81. The van der Waals surface area contributed by atoms with E-state index in [9.17, 15) is 17.7 Å². The second-order valence-corrected chi connectivity index (χ2v) is 4.94. The zero-order chi connectivity index (χ0) is 13.5. The summed E-state index contributed by atoms with van der Waals surface area (Å²) >= 11 is 1.76. The summed E-state index contributed by atoms with van der Waals surface area (Å²) in [5.74, 6) is -1.32. The maximum atomic E-state index is 12.9. The first kappa shape index (κ1) is 14.3. The Bertz CT molecular complexity index is 498. The molecule has 0 saturated heterocycles. The highest BCUT2D eigenvalue weighted by molar-refractivity contribution is 14.1. The van der Waals surface area contributed by atoms with Crippen LogP contribution in [0.1, 0.15) is 27.0 Å². The number of carbonyl (C=O) groups is 1. The summed E-state index contributed by atoms with van der Waals surface area (Å²) in [5, 5.41) is 8.99. The third kappa shape index (κ3) is 2.43. The van der Waals surface area contributed by atoms with Gasteiger partial charge in [0.2, 0.25) is 0 Å². The van der Waals surface area contributed by atoms with Crippen LogP contribution >= 0.6 is 22.6 Å². The lowest BCUT2D eigenvalue weighted by Gasteiger charge is -2.25. The van der Waals surface area contributed by atoms with E-state index in [1.165, 1.54) is 20.8 Å². The fraction of sp³-hybridized carbons (Fsp3) is 0.300. The van der Waals surface area contributed by atoms with E-state index in [1.807, 2.05) is 0 Å². The maximum Gasteiger partial charge on any atom is 0.510 e. The van der Waals surface area contributed by atoms with Crippen molar-refractivity contribution >= 4 is 41.0 Å². The van der Waals surface area contributed by atoms with Crippen LogP contribution in [0.25, 0.3) is 0 Å². The van der Waals surface area contributed by atoms with Gasteiger partial charge in [0.25, 0.3) is 0 Å². The minimum Gasteiger partial charge on any atom is -0.478 e. The first-order chi connectivity index (χ1) is 7.59. The molecule has 0 heterocycles. The molecule has 0 spiro atoms. The average Bonchev–Trinajstić information content (AvgIpc) is 2.11. The molecule has 17 heavy (non-hydrogen) atoms. The Kier molecular flexibility index (Phi) is 3.80. The first-order valence-corrected chi connectivity index (χ1v) is 5.89. The van der Waals surface area contributed by atoms with Crippen molar-refractivity contribution in [2.24, 2.45) is 0 Å². The third-order valence-electron chi connectivity index (χ3n) is 2.76. The van der Waals surface area contributed by atoms with Crippen molar-refractivity contribution in [3.05, 3.63) is 25.8 Å². The van der Waals surface area contributed by atoms with Crippen molar-refractivity contribution in [2.45, 2.75) is 20.8 Å². The van der Waals surface area contributed by atoms with Crippen LogP contribution in [0.15, 0.2) is 0 Å². The number of benzene rings is 1. The van der Waals surface area contributed by atoms with Crippen molar-refractivity contribution in [3.8, 4) is 0 Å². The minimum atomic E-state index is -5.20. The van der Waals surface area contributed by atoms with Gasteiger partial charge in [0.1, 0.15) is 0 Å². The summed E-state index contributed by atoms with van der Waals surface area (Å²) in [7, 11) is 0. The SMILES string of the molecule is Cc1c(I)c(C)c([B-](F)(F)F)c(C)c1C(=O)O. The average molecular weight is 357 g/mol. The van der Waals surface area contributed by atoms with Crippen molar-refractivity contribution < 1.29 is 22.8 Å². The van der Waals surface area contributed by atoms with Crippen LogP contribution in [0.5, 0.6) is 0 Å². The monoisotopic (exact) mass is 357 g/mol. The highest BCUT2D eigenvalue weighted by atomic mass is 127. The number of rotatable bonds is 2. The number of aromatic carboxylic acids is 1. The van der Waals surface area contributed by atoms with Gasteiger partial charge in [-0.2, -0.15) is 0 Å². The molecule has 1 aromatic carbocycles. The van der Waals surface area contributed by atoms with Gasteiger partial charge in [0, 0.05) is 3.57 Å². The Hall–Kier alpha value is -0.725. The molecule has 0 saturated carbocycles. The van der Waals surface area contributed by atoms with Gasteiger partial charge in [-0.05, 0) is 48.9 Å². The Balaban J connectivity index is 3.81. The Morgan fingerprint density at radius 2 is 1.59 bits per heavy atom. The van der Waals surface area contributed by atoms with Crippen molar-refractivity contribution in [3.63, 3.8) is 0 Å². The quantitative estimate of drug-likeness (QED) is 0.653. The van der Waals surface area contributed by atoms with E-state index in [0.717, 1.165) is 0 Å². The highest BCUT2D eigenvalue weighted by Gasteiger charge is 2.33. The highest BCUT2D eigenvalue weighted by Crippen LogP contribution is 2.26. The number of carboxylic acid groups (broad SMARTS) is 1. The van der Waals surface area contributed by atoms with Gasteiger partial charge in [-0.25, -0.2) is 4.79 Å². The van der Waals surface area contributed by atoms with Crippen LogP contribution in [-0.2, 0) is 0 Å². The summed E-state index contributed by atoms with van der Waals surface area (Å²) in [4.78, 5) is 11.0. The lowest BCUT2D eigenvalue weighted by Crippen LogP contribution is -2.40. The summed E-state index contributed by atoms with van der Waals surface area (Å²) in [6.07, 6.45) is 0. The lowest BCUT2D eigenvalue weighted by molar-refractivity contribution is 0.0695. The van der Waals surface area contributed by atoms with E-state index in [0.29, 0.717) is 9.13 Å². The Labute approximate surface area is 110 Å². The predicted molar refractivity (Wildman–Crippen MR) is 69.0 cm³/mol. The molecular weight excluding hydrogens is 347 g/mol. The van der Waals surface area contributed by atoms with Crippen molar-refractivity contribution in [1.29, 1.82) is 0 Å². The van der Waals surface area contributed by atoms with E-state index < -0.39 is 18.4 Å². The molecule has 0 atom stereocenters. The van der Waals surface area contributed by atoms with Crippen LogP contribution in [0.4, 0.5) is 12.9 Å². The van der Waals surface area contributed by atoms with Crippen molar-refractivity contribution in [1.82, 2.24) is 0 Å². The smallest absolute Gasteiger partial charge is 0.478 e. The van der Waals surface area contributed by atoms with Crippen LogP contribution < -0.4 is 5.46 Å².